The maximum atomic E-state index is 12.5. The van der Waals surface area contributed by atoms with Gasteiger partial charge in [-0.25, -0.2) is 4.79 Å². The largest absolute Gasteiger partial charge is 0.491 e. The molecule has 0 aromatic heterocycles. The van der Waals surface area contributed by atoms with Crippen LogP contribution in [-0.4, -0.2) is 42.7 Å². The number of rotatable bonds is 11. The van der Waals surface area contributed by atoms with Crippen molar-refractivity contribution in [3.8, 4) is 11.8 Å². The van der Waals surface area contributed by atoms with Gasteiger partial charge in [0.2, 0.25) is 0 Å². The summed E-state index contributed by atoms with van der Waals surface area (Å²) in [5.74, 6) is 0.0521. The fourth-order valence-corrected chi connectivity index (χ4v) is 2.81. The predicted octanol–water partition coefficient (Wildman–Crippen LogP) is 3.47. The standard InChI is InChI=1S/C22H24N2O6S/c23-14-16-7-9-17(10-8-16)24-22(27)30-20(6-3-12-29-21(26)15-31)18-4-1-2-5-19(18)28-13-11-25/h1-2,4-5,7-10,20,25,31H,3,6,11-13,15H2,(H,24,27)/t20-/m1/s1. The fourth-order valence-electron chi connectivity index (χ4n) is 2.72. The van der Waals surface area contributed by atoms with Crippen molar-refractivity contribution < 1.29 is 28.9 Å². The fraction of sp³-hybridized carbons (Fsp3) is 0.318. The van der Waals surface area contributed by atoms with Crippen molar-refractivity contribution in [1.82, 2.24) is 0 Å². The summed E-state index contributed by atoms with van der Waals surface area (Å²) in [6, 6.07) is 15.4. The van der Waals surface area contributed by atoms with Crippen LogP contribution in [0.4, 0.5) is 10.5 Å². The molecule has 2 N–H and O–H groups in total. The molecular weight excluding hydrogens is 420 g/mol. The van der Waals surface area contributed by atoms with Crippen LogP contribution < -0.4 is 10.1 Å². The van der Waals surface area contributed by atoms with Gasteiger partial charge in [-0.2, -0.15) is 17.9 Å². The molecule has 0 spiro atoms. The zero-order valence-electron chi connectivity index (χ0n) is 16.8. The van der Waals surface area contributed by atoms with Crippen molar-refractivity contribution in [3.05, 3.63) is 59.7 Å². The second kappa shape index (κ2) is 13.2. The van der Waals surface area contributed by atoms with E-state index >= 15 is 0 Å². The number of carbonyl (C=O) groups is 2. The van der Waals surface area contributed by atoms with Crippen molar-refractivity contribution >= 4 is 30.4 Å². The number of nitrogens with one attached hydrogen (secondary N) is 1. The summed E-state index contributed by atoms with van der Waals surface area (Å²) in [5, 5.41) is 20.6. The third-order valence-electron chi connectivity index (χ3n) is 4.13. The summed E-state index contributed by atoms with van der Waals surface area (Å²) in [6.07, 6.45) is -0.537. The van der Waals surface area contributed by atoms with E-state index in [1.807, 2.05) is 6.07 Å². The molecule has 2 aromatic carbocycles. The summed E-state index contributed by atoms with van der Waals surface area (Å²) in [6.45, 7) is 0.107. The van der Waals surface area contributed by atoms with E-state index in [4.69, 9.17) is 24.6 Å². The minimum atomic E-state index is -0.681. The molecule has 8 nitrogen and oxygen atoms in total. The molecule has 0 fully saturated rings. The Hall–Kier alpha value is -3.22. The first kappa shape index (κ1) is 24.1. The summed E-state index contributed by atoms with van der Waals surface area (Å²) in [7, 11) is 0. The Morgan fingerprint density at radius 3 is 2.55 bits per heavy atom. The molecule has 9 heteroatoms. The topological polar surface area (TPSA) is 118 Å². The van der Waals surface area contributed by atoms with Gasteiger partial charge in [0, 0.05) is 11.3 Å². The van der Waals surface area contributed by atoms with Crippen LogP contribution >= 0.6 is 12.6 Å². The van der Waals surface area contributed by atoms with Gasteiger partial charge in [-0.1, -0.05) is 18.2 Å². The van der Waals surface area contributed by atoms with Crippen LogP contribution in [0.15, 0.2) is 48.5 Å². The van der Waals surface area contributed by atoms with Crippen molar-refractivity contribution in [2.24, 2.45) is 0 Å². The number of thiol groups is 1. The van der Waals surface area contributed by atoms with Gasteiger partial charge in [0.1, 0.15) is 18.5 Å². The Morgan fingerprint density at radius 1 is 1.13 bits per heavy atom. The number of amides is 1. The third kappa shape index (κ3) is 8.20. The molecule has 0 unspecified atom stereocenters. The van der Waals surface area contributed by atoms with E-state index < -0.39 is 18.2 Å². The number of esters is 1. The smallest absolute Gasteiger partial charge is 0.412 e. The van der Waals surface area contributed by atoms with Crippen LogP contribution in [0.25, 0.3) is 0 Å². The Kier molecular flexibility index (Phi) is 10.2. The lowest BCUT2D eigenvalue weighted by atomic mass is 10.0. The van der Waals surface area contributed by atoms with Gasteiger partial charge in [0.25, 0.3) is 0 Å². The van der Waals surface area contributed by atoms with E-state index in [9.17, 15) is 9.59 Å². The average molecular weight is 445 g/mol. The molecule has 0 aliphatic carbocycles. The number of anilines is 1. The first-order valence-corrected chi connectivity index (χ1v) is 10.3. The lowest BCUT2D eigenvalue weighted by Crippen LogP contribution is -2.19. The van der Waals surface area contributed by atoms with Crippen LogP contribution in [0.2, 0.25) is 0 Å². The van der Waals surface area contributed by atoms with Crippen LogP contribution in [0.3, 0.4) is 0 Å². The molecule has 0 heterocycles. The van der Waals surface area contributed by atoms with E-state index in [1.165, 1.54) is 0 Å². The second-order valence-corrected chi connectivity index (χ2v) is 6.66. The van der Waals surface area contributed by atoms with E-state index in [2.05, 4.69) is 17.9 Å². The molecule has 0 saturated carbocycles. The Morgan fingerprint density at radius 2 is 1.87 bits per heavy atom. The zero-order valence-corrected chi connectivity index (χ0v) is 17.7. The van der Waals surface area contributed by atoms with Crippen LogP contribution in [0.1, 0.15) is 30.1 Å². The Balaban J connectivity index is 2.10. The van der Waals surface area contributed by atoms with Gasteiger partial charge in [-0.3, -0.25) is 10.1 Å². The molecule has 0 radical (unpaired) electrons. The third-order valence-corrected chi connectivity index (χ3v) is 4.39. The zero-order chi connectivity index (χ0) is 22.5. The highest BCUT2D eigenvalue weighted by Crippen LogP contribution is 2.31. The van der Waals surface area contributed by atoms with Gasteiger partial charge in [-0.05, 0) is 43.2 Å². The lowest BCUT2D eigenvalue weighted by Gasteiger charge is -2.21. The van der Waals surface area contributed by atoms with E-state index in [0.717, 1.165) is 0 Å². The molecule has 1 amide bonds. The van der Waals surface area contributed by atoms with Crippen molar-refractivity contribution in [1.29, 1.82) is 5.26 Å². The first-order valence-electron chi connectivity index (χ1n) is 9.64. The quantitative estimate of drug-likeness (QED) is 0.276. The number of carbonyl (C=O) groups excluding carboxylic acids is 2. The normalized spacial score (nSPS) is 11.1. The van der Waals surface area contributed by atoms with Crippen molar-refractivity contribution in [3.63, 3.8) is 0 Å². The van der Waals surface area contributed by atoms with E-state index in [-0.39, 0.29) is 25.6 Å². The van der Waals surface area contributed by atoms with Crippen molar-refractivity contribution in [2.75, 3.05) is 30.9 Å². The molecule has 0 saturated heterocycles. The van der Waals surface area contributed by atoms with Gasteiger partial charge in [0.05, 0.1) is 30.6 Å². The number of para-hydroxylation sites is 1. The van der Waals surface area contributed by atoms with Crippen LogP contribution in [0.5, 0.6) is 5.75 Å². The highest BCUT2D eigenvalue weighted by Gasteiger charge is 2.21. The summed E-state index contributed by atoms with van der Waals surface area (Å²) in [5.41, 5.74) is 1.59. The molecule has 0 aliphatic rings. The summed E-state index contributed by atoms with van der Waals surface area (Å²) in [4.78, 5) is 23.8. The second-order valence-electron chi connectivity index (χ2n) is 6.34. The van der Waals surface area contributed by atoms with Gasteiger partial charge in [0.15, 0.2) is 0 Å². The number of aliphatic hydroxyl groups is 1. The molecular formula is C22H24N2O6S. The minimum Gasteiger partial charge on any atom is -0.491 e. The number of nitriles is 1. The predicted molar refractivity (Wildman–Crippen MR) is 117 cm³/mol. The van der Waals surface area contributed by atoms with Crippen LogP contribution in [-0.2, 0) is 14.3 Å². The Labute approximate surface area is 186 Å². The highest BCUT2D eigenvalue weighted by atomic mass is 32.1. The molecule has 0 aliphatic heterocycles. The number of hydrogen-bond donors (Lipinski definition) is 3. The molecule has 164 valence electrons. The number of hydrogen-bond acceptors (Lipinski definition) is 8. The first-order chi connectivity index (χ1) is 15.1. The SMILES string of the molecule is N#Cc1ccc(NC(=O)O[C@H](CCCOC(=O)CS)c2ccccc2OCCO)cc1. The molecule has 0 bridgehead atoms. The maximum absolute atomic E-state index is 12.5. The number of benzene rings is 2. The highest BCUT2D eigenvalue weighted by molar-refractivity contribution is 7.81. The molecule has 31 heavy (non-hydrogen) atoms. The lowest BCUT2D eigenvalue weighted by molar-refractivity contribution is -0.140. The summed E-state index contributed by atoms with van der Waals surface area (Å²) >= 11 is 3.86. The number of aliphatic hydroxyl groups excluding tert-OH is 1. The molecule has 1 atom stereocenters. The average Bonchev–Trinajstić information content (AvgIpc) is 2.80. The monoisotopic (exact) mass is 444 g/mol. The van der Waals surface area contributed by atoms with Gasteiger partial charge in [-0.15, -0.1) is 0 Å². The molecule has 2 rings (SSSR count). The van der Waals surface area contributed by atoms with Crippen molar-refractivity contribution in [2.45, 2.75) is 18.9 Å². The maximum Gasteiger partial charge on any atom is 0.412 e. The van der Waals surface area contributed by atoms with Gasteiger partial charge < -0.3 is 19.3 Å². The minimum absolute atomic E-state index is 0.00917. The number of nitrogens with zero attached hydrogens (tertiary/aromatic N) is 1. The van der Waals surface area contributed by atoms with Crippen LogP contribution in [0, 0.1) is 11.3 Å². The molecule has 2 aromatic rings. The van der Waals surface area contributed by atoms with E-state index in [0.29, 0.717) is 35.4 Å². The van der Waals surface area contributed by atoms with E-state index in [1.54, 1.807) is 48.5 Å². The number of ether oxygens (including phenoxy) is 3. The Bertz CT molecular complexity index is 898. The van der Waals surface area contributed by atoms with Gasteiger partial charge >= 0.3 is 12.1 Å². The summed E-state index contributed by atoms with van der Waals surface area (Å²) < 4.78 is 16.2.